The van der Waals surface area contributed by atoms with Crippen LogP contribution in [0, 0.1) is 6.92 Å². The Morgan fingerprint density at radius 2 is 1.96 bits per heavy atom. The van der Waals surface area contributed by atoms with E-state index in [1.807, 2.05) is 56.4 Å². The lowest BCUT2D eigenvalue weighted by molar-refractivity contribution is 0.0952. The first-order chi connectivity index (χ1) is 13.0. The summed E-state index contributed by atoms with van der Waals surface area (Å²) in [5.74, 6) is 1.71. The molecule has 2 heterocycles. The van der Waals surface area contributed by atoms with Crippen LogP contribution < -0.4 is 10.2 Å². The number of nitrogens with zero attached hydrogens (tertiary/aromatic N) is 5. The standard InChI is InChI=1S/C20H24N6O/c1-15-22-10-12-26(15)11-4-9-23-20(27)17-7-5-16(6-8-17)18-13-21-14-19(24-18)25(2)3/h5-8,10,12-14H,4,9,11H2,1-3H3,(H,23,27). The molecule has 0 fully saturated rings. The number of aryl methyl sites for hydroxylation is 2. The Labute approximate surface area is 159 Å². The summed E-state index contributed by atoms with van der Waals surface area (Å²) >= 11 is 0. The number of nitrogens with one attached hydrogen (secondary N) is 1. The third kappa shape index (κ3) is 4.69. The maximum atomic E-state index is 12.3. The van der Waals surface area contributed by atoms with Gasteiger partial charge in [-0.1, -0.05) is 12.1 Å². The molecule has 0 aliphatic heterocycles. The summed E-state index contributed by atoms with van der Waals surface area (Å²) in [6.07, 6.45) is 8.03. The molecule has 1 amide bonds. The topological polar surface area (TPSA) is 75.9 Å². The van der Waals surface area contributed by atoms with Crippen LogP contribution >= 0.6 is 0 Å². The molecule has 7 nitrogen and oxygen atoms in total. The smallest absolute Gasteiger partial charge is 0.251 e. The average Bonchev–Trinajstić information content (AvgIpc) is 3.10. The highest BCUT2D eigenvalue weighted by Gasteiger charge is 2.07. The van der Waals surface area contributed by atoms with Gasteiger partial charge in [0.1, 0.15) is 11.6 Å². The summed E-state index contributed by atoms with van der Waals surface area (Å²) < 4.78 is 2.07. The zero-order valence-electron chi connectivity index (χ0n) is 15.9. The zero-order valence-corrected chi connectivity index (χ0v) is 15.9. The van der Waals surface area contributed by atoms with E-state index in [4.69, 9.17) is 0 Å². The Morgan fingerprint density at radius 1 is 1.19 bits per heavy atom. The zero-order chi connectivity index (χ0) is 19.2. The summed E-state index contributed by atoms with van der Waals surface area (Å²) in [6, 6.07) is 7.42. The van der Waals surface area contributed by atoms with Gasteiger partial charge in [0.2, 0.25) is 0 Å². The molecular weight excluding hydrogens is 340 g/mol. The minimum absolute atomic E-state index is 0.0722. The molecule has 2 aromatic heterocycles. The fraction of sp³-hybridized carbons (Fsp3) is 0.300. The van der Waals surface area contributed by atoms with E-state index < -0.39 is 0 Å². The summed E-state index contributed by atoms with van der Waals surface area (Å²) in [5, 5.41) is 2.96. The van der Waals surface area contributed by atoms with E-state index in [0.29, 0.717) is 12.1 Å². The van der Waals surface area contributed by atoms with Crippen LogP contribution in [0.1, 0.15) is 22.6 Å². The Balaban J connectivity index is 1.55. The van der Waals surface area contributed by atoms with Gasteiger partial charge in [0, 0.05) is 50.7 Å². The van der Waals surface area contributed by atoms with Crippen LogP contribution in [0.4, 0.5) is 5.82 Å². The summed E-state index contributed by atoms with van der Waals surface area (Å²) in [5.41, 5.74) is 2.34. The van der Waals surface area contributed by atoms with Gasteiger partial charge in [-0.05, 0) is 25.5 Å². The first-order valence-corrected chi connectivity index (χ1v) is 8.90. The van der Waals surface area contributed by atoms with Crippen molar-refractivity contribution >= 4 is 11.7 Å². The first kappa shape index (κ1) is 18.6. The van der Waals surface area contributed by atoms with Crippen molar-refractivity contribution in [2.45, 2.75) is 19.9 Å². The third-order valence-electron chi connectivity index (χ3n) is 4.31. The van der Waals surface area contributed by atoms with E-state index in [-0.39, 0.29) is 5.91 Å². The molecule has 0 atom stereocenters. The van der Waals surface area contributed by atoms with Gasteiger partial charge in [-0.3, -0.25) is 9.78 Å². The van der Waals surface area contributed by atoms with Gasteiger partial charge in [0.15, 0.2) is 0 Å². The second-order valence-electron chi connectivity index (χ2n) is 6.51. The van der Waals surface area contributed by atoms with Crippen LogP contribution in [0.25, 0.3) is 11.3 Å². The van der Waals surface area contributed by atoms with E-state index in [0.717, 1.165) is 35.9 Å². The second kappa shape index (κ2) is 8.44. The molecule has 27 heavy (non-hydrogen) atoms. The molecule has 3 aromatic rings. The molecule has 0 saturated carbocycles. The van der Waals surface area contributed by atoms with Crippen molar-refractivity contribution in [1.29, 1.82) is 0 Å². The molecule has 0 radical (unpaired) electrons. The maximum absolute atomic E-state index is 12.3. The van der Waals surface area contributed by atoms with Gasteiger partial charge in [0.25, 0.3) is 5.91 Å². The number of imidazole rings is 1. The van der Waals surface area contributed by atoms with Crippen LogP contribution in [0.15, 0.2) is 49.1 Å². The van der Waals surface area contributed by atoms with Gasteiger partial charge in [-0.2, -0.15) is 0 Å². The van der Waals surface area contributed by atoms with Crippen molar-refractivity contribution in [3.05, 3.63) is 60.4 Å². The van der Waals surface area contributed by atoms with Crippen molar-refractivity contribution in [2.24, 2.45) is 0 Å². The summed E-state index contributed by atoms with van der Waals surface area (Å²) in [7, 11) is 3.85. The van der Waals surface area contributed by atoms with Crippen LogP contribution in [0.3, 0.4) is 0 Å². The van der Waals surface area contributed by atoms with Crippen LogP contribution in [0.5, 0.6) is 0 Å². The molecule has 3 rings (SSSR count). The minimum Gasteiger partial charge on any atom is -0.361 e. The Bertz CT molecular complexity index is 901. The quantitative estimate of drug-likeness (QED) is 0.652. The Hall–Kier alpha value is -3.22. The lowest BCUT2D eigenvalue weighted by Gasteiger charge is -2.11. The number of carbonyl (C=O) groups excluding carboxylic acids is 1. The minimum atomic E-state index is -0.0722. The van der Waals surface area contributed by atoms with Crippen molar-refractivity contribution in [2.75, 3.05) is 25.5 Å². The van der Waals surface area contributed by atoms with Crippen LogP contribution in [0.2, 0.25) is 0 Å². The average molecular weight is 364 g/mol. The number of anilines is 1. The molecule has 0 unspecified atom stereocenters. The van der Waals surface area contributed by atoms with E-state index in [1.165, 1.54) is 0 Å². The molecule has 140 valence electrons. The second-order valence-corrected chi connectivity index (χ2v) is 6.51. The first-order valence-electron chi connectivity index (χ1n) is 8.90. The highest BCUT2D eigenvalue weighted by molar-refractivity contribution is 5.94. The van der Waals surface area contributed by atoms with Gasteiger partial charge in [-0.15, -0.1) is 0 Å². The van der Waals surface area contributed by atoms with Gasteiger partial charge in [0.05, 0.1) is 18.1 Å². The molecule has 1 aromatic carbocycles. The molecule has 0 saturated heterocycles. The van der Waals surface area contributed by atoms with Crippen LogP contribution in [-0.2, 0) is 6.54 Å². The van der Waals surface area contributed by atoms with Gasteiger partial charge in [-0.25, -0.2) is 9.97 Å². The predicted octanol–water partition coefficient (Wildman–Crippen LogP) is 2.53. The van der Waals surface area contributed by atoms with E-state index in [1.54, 1.807) is 18.6 Å². The Kier molecular flexibility index (Phi) is 5.80. The van der Waals surface area contributed by atoms with Crippen molar-refractivity contribution in [1.82, 2.24) is 24.8 Å². The third-order valence-corrected chi connectivity index (χ3v) is 4.31. The van der Waals surface area contributed by atoms with E-state index >= 15 is 0 Å². The lowest BCUT2D eigenvalue weighted by atomic mass is 10.1. The van der Waals surface area contributed by atoms with Crippen LogP contribution in [-0.4, -0.2) is 46.1 Å². The largest absolute Gasteiger partial charge is 0.361 e. The number of rotatable bonds is 7. The van der Waals surface area contributed by atoms with E-state index in [2.05, 4.69) is 24.8 Å². The highest BCUT2D eigenvalue weighted by atomic mass is 16.1. The number of carbonyl (C=O) groups is 1. The molecule has 0 aliphatic carbocycles. The predicted molar refractivity (Wildman–Crippen MR) is 106 cm³/mol. The molecule has 0 bridgehead atoms. The molecule has 7 heteroatoms. The number of benzene rings is 1. The van der Waals surface area contributed by atoms with Crippen molar-refractivity contribution < 1.29 is 4.79 Å². The number of amides is 1. The molecule has 0 aliphatic rings. The SMILES string of the molecule is Cc1nccn1CCCNC(=O)c1ccc(-c2cncc(N(C)C)n2)cc1. The van der Waals surface area contributed by atoms with Crippen molar-refractivity contribution in [3.63, 3.8) is 0 Å². The molecular formula is C20H24N6O. The number of hydrogen-bond acceptors (Lipinski definition) is 5. The van der Waals surface area contributed by atoms with E-state index in [9.17, 15) is 4.79 Å². The normalized spacial score (nSPS) is 10.6. The molecule has 1 N–H and O–H groups in total. The fourth-order valence-electron chi connectivity index (χ4n) is 2.70. The molecule has 0 spiro atoms. The van der Waals surface area contributed by atoms with Crippen molar-refractivity contribution in [3.8, 4) is 11.3 Å². The summed E-state index contributed by atoms with van der Waals surface area (Å²) in [4.78, 5) is 27.2. The number of hydrogen-bond donors (Lipinski definition) is 1. The monoisotopic (exact) mass is 364 g/mol. The van der Waals surface area contributed by atoms with Gasteiger partial charge >= 0.3 is 0 Å². The lowest BCUT2D eigenvalue weighted by Crippen LogP contribution is -2.25. The fourth-order valence-corrected chi connectivity index (χ4v) is 2.70. The van der Waals surface area contributed by atoms with Gasteiger partial charge < -0.3 is 14.8 Å². The summed E-state index contributed by atoms with van der Waals surface area (Å²) in [6.45, 7) is 3.43. The maximum Gasteiger partial charge on any atom is 0.251 e. The highest BCUT2D eigenvalue weighted by Crippen LogP contribution is 2.19. The number of aromatic nitrogens is 4. The Morgan fingerprint density at radius 3 is 2.63 bits per heavy atom.